The second-order valence-electron chi connectivity index (χ2n) is 6.47. The molecule has 0 saturated carbocycles. The molecule has 1 atom stereocenters. The molecule has 3 aromatic rings. The van der Waals surface area contributed by atoms with Gasteiger partial charge >= 0.3 is 0 Å². The molecule has 2 heterocycles. The van der Waals surface area contributed by atoms with E-state index in [0.29, 0.717) is 10.8 Å². The first kappa shape index (κ1) is 18.5. The Morgan fingerprint density at radius 2 is 1.89 bits per heavy atom. The number of hydrogen-bond donors (Lipinski definition) is 0. The van der Waals surface area contributed by atoms with Crippen molar-refractivity contribution in [1.29, 1.82) is 0 Å². The van der Waals surface area contributed by atoms with Crippen LogP contribution in [0.3, 0.4) is 0 Å². The fraction of sp³-hybridized carbons (Fsp3) is 0.300. The lowest BCUT2D eigenvalue weighted by Crippen LogP contribution is -2.16. The van der Waals surface area contributed by atoms with Crippen molar-refractivity contribution in [1.82, 2.24) is 14.8 Å². The molecule has 0 bridgehead atoms. The maximum Gasteiger partial charge on any atom is 0.191 e. The Balaban J connectivity index is 1.59. The highest BCUT2D eigenvalue weighted by atomic mass is 35.5. The van der Waals surface area contributed by atoms with Crippen molar-refractivity contribution in [2.45, 2.75) is 36.4 Å². The van der Waals surface area contributed by atoms with Crippen LogP contribution in [0.5, 0.6) is 0 Å². The van der Waals surface area contributed by atoms with Gasteiger partial charge in [0.1, 0.15) is 5.82 Å². The largest absolute Gasteiger partial charge is 0.376 e. The van der Waals surface area contributed by atoms with Crippen LogP contribution in [-0.4, -0.2) is 27.5 Å². The molecular formula is C20H19ClFN3OS. The van der Waals surface area contributed by atoms with Crippen LogP contribution in [0.1, 0.15) is 18.4 Å². The summed E-state index contributed by atoms with van der Waals surface area (Å²) >= 11 is 7.61. The zero-order chi connectivity index (χ0) is 18.6. The molecule has 1 aromatic heterocycles. The second kappa shape index (κ2) is 8.42. The molecule has 1 saturated heterocycles. The van der Waals surface area contributed by atoms with Gasteiger partial charge in [-0.15, -0.1) is 10.2 Å². The van der Waals surface area contributed by atoms with E-state index < -0.39 is 0 Å². The van der Waals surface area contributed by atoms with Gasteiger partial charge in [-0.05, 0) is 54.8 Å². The van der Waals surface area contributed by atoms with E-state index in [1.807, 2.05) is 24.3 Å². The molecule has 0 aliphatic carbocycles. The monoisotopic (exact) mass is 403 g/mol. The molecule has 1 aliphatic rings. The first-order valence-electron chi connectivity index (χ1n) is 8.87. The summed E-state index contributed by atoms with van der Waals surface area (Å²) in [5, 5.41) is 10.3. The van der Waals surface area contributed by atoms with E-state index >= 15 is 0 Å². The van der Waals surface area contributed by atoms with Gasteiger partial charge in [-0.3, -0.25) is 4.57 Å². The lowest BCUT2D eigenvalue weighted by molar-refractivity contribution is 0.0953. The number of hydrogen-bond acceptors (Lipinski definition) is 4. The molecule has 2 aromatic carbocycles. The Morgan fingerprint density at radius 3 is 2.59 bits per heavy atom. The van der Waals surface area contributed by atoms with Gasteiger partial charge in [0.05, 0.1) is 12.6 Å². The minimum atomic E-state index is -0.227. The molecule has 0 N–H and O–H groups in total. The third-order valence-corrected chi connectivity index (χ3v) is 5.80. The predicted molar refractivity (Wildman–Crippen MR) is 105 cm³/mol. The number of nitrogens with zero attached hydrogens (tertiary/aromatic N) is 3. The number of rotatable bonds is 6. The highest BCUT2D eigenvalue weighted by molar-refractivity contribution is 7.98. The average molecular weight is 404 g/mol. The first-order chi connectivity index (χ1) is 13.2. The molecule has 4 nitrogen and oxygen atoms in total. The van der Waals surface area contributed by atoms with Crippen molar-refractivity contribution in [3.8, 4) is 11.4 Å². The number of ether oxygens (including phenoxy) is 1. The van der Waals surface area contributed by atoms with Gasteiger partial charge in [-0.1, -0.05) is 35.5 Å². The summed E-state index contributed by atoms with van der Waals surface area (Å²) in [6, 6.07) is 14.2. The van der Waals surface area contributed by atoms with E-state index in [2.05, 4.69) is 14.8 Å². The summed E-state index contributed by atoms with van der Waals surface area (Å²) < 4.78 is 21.0. The van der Waals surface area contributed by atoms with Crippen molar-refractivity contribution in [2.75, 3.05) is 6.61 Å². The Morgan fingerprint density at radius 1 is 1.11 bits per heavy atom. The second-order valence-corrected chi connectivity index (χ2v) is 7.85. The highest BCUT2D eigenvalue weighted by Crippen LogP contribution is 2.29. The van der Waals surface area contributed by atoms with E-state index in [4.69, 9.17) is 16.3 Å². The number of benzene rings is 2. The van der Waals surface area contributed by atoms with Gasteiger partial charge in [0.15, 0.2) is 11.0 Å². The van der Waals surface area contributed by atoms with Crippen molar-refractivity contribution in [2.24, 2.45) is 0 Å². The van der Waals surface area contributed by atoms with Crippen molar-refractivity contribution in [3.63, 3.8) is 0 Å². The first-order valence-corrected chi connectivity index (χ1v) is 10.2. The molecule has 1 fully saturated rings. The summed E-state index contributed by atoms with van der Waals surface area (Å²) in [7, 11) is 0. The SMILES string of the molecule is Fc1ccc(CSc2nnc(-c3ccc(Cl)cc3)n2C[C@H]2CCCO2)cc1. The Bertz CT molecular complexity index is 893. The minimum Gasteiger partial charge on any atom is -0.376 e. The summed E-state index contributed by atoms with van der Waals surface area (Å²) in [5.74, 6) is 1.28. The summed E-state index contributed by atoms with van der Waals surface area (Å²) in [6.07, 6.45) is 2.30. The van der Waals surface area contributed by atoms with Gasteiger partial charge < -0.3 is 4.74 Å². The zero-order valence-corrected chi connectivity index (χ0v) is 16.2. The summed E-state index contributed by atoms with van der Waals surface area (Å²) in [5.41, 5.74) is 2.01. The number of halogens is 2. The van der Waals surface area contributed by atoms with E-state index in [1.54, 1.807) is 23.9 Å². The van der Waals surface area contributed by atoms with E-state index in [-0.39, 0.29) is 11.9 Å². The topological polar surface area (TPSA) is 39.9 Å². The normalized spacial score (nSPS) is 16.7. The fourth-order valence-corrected chi connectivity index (χ4v) is 4.12. The Hall–Kier alpha value is -1.89. The molecule has 7 heteroatoms. The molecule has 140 valence electrons. The van der Waals surface area contributed by atoms with Crippen LogP contribution >= 0.6 is 23.4 Å². The zero-order valence-electron chi connectivity index (χ0n) is 14.6. The van der Waals surface area contributed by atoms with Gasteiger partial charge in [0, 0.05) is 22.9 Å². The quantitative estimate of drug-likeness (QED) is 0.530. The van der Waals surface area contributed by atoms with Crippen LogP contribution < -0.4 is 0 Å². The van der Waals surface area contributed by atoms with Crippen LogP contribution in [0.25, 0.3) is 11.4 Å². The lowest BCUT2D eigenvalue weighted by Gasteiger charge is -2.15. The molecular weight excluding hydrogens is 385 g/mol. The van der Waals surface area contributed by atoms with Crippen LogP contribution in [0, 0.1) is 5.82 Å². The maximum atomic E-state index is 13.1. The van der Waals surface area contributed by atoms with Crippen LogP contribution in [0.4, 0.5) is 4.39 Å². The van der Waals surface area contributed by atoms with Gasteiger partial charge in [-0.25, -0.2) is 4.39 Å². The van der Waals surface area contributed by atoms with Crippen LogP contribution in [0.15, 0.2) is 53.7 Å². The van der Waals surface area contributed by atoms with Crippen molar-refractivity contribution < 1.29 is 9.13 Å². The van der Waals surface area contributed by atoms with E-state index in [9.17, 15) is 4.39 Å². The Labute approximate surface area is 166 Å². The van der Waals surface area contributed by atoms with Gasteiger partial charge in [0.25, 0.3) is 0 Å². The van der Waals surface area contributed by atoms with Crippen molar-refractivity contribution >= 4 is 23.4 Å². The van der Waals surface area contributed by atoms with Crippen LogP contribution in [0.2, 0.25) is 5.02 Å². The minimum absolute atomic E-state index is 0.178. The van der Waals surface area contributed by atoms with E-state index in [0.717, 1.165) is 48.1 Å². The highest BCUT2D eigenvalue weighted by Gasteiger charge is 2.21. The molecule has 0 spiro atoms. The smallest absolute Gasteiger partial charge is 0.191 e. The van der Waals surface area contributed by atoms with Gasteiger partial charge in [-0.2, -0.15) is 0 Å². The molecule has 0 unspecified atom stereocenters. The Kier molecular flexibility index (Phi) is 5.76. The molecule has 4 rings (SSSR count). The van der Waals surface area contributed by atoms with Crippen LogP contribution in [-0.2, 0) is 17.0 Å². The third-order valence-electron chi connectivity index (χ3n) is 4.51. The molecule has 0 amide bonds. The number of aromatic nitrogens is 3. The standard InChI is InChI=1S/C20H19ClFN3OS/c21-16-7-5-15(6-8-16)19-23-24-20(25(19)12-18-2-1-11-26-18)27-13-14-3-9-17(22)10-4-14/h3-10,18H,1-2,11-13H2/t18-/m1/s1. The van der Waals surface area contributed by atoms with E-state index in [1.165, 1.54) is 12.1 Å². The fourth-order valence-electron chi connectivity index (χ4n) is 3.09. The molecule has 0 radical (unpaired) electrons. The average Bonchev–Trinajstić information content (AvgIpc) is 3.33. The predicted octanol–water partition coefficient (Wildman–Crippen LogP) is 5.21. The van der Waals surface area contributed by atoms with Crippen molar-refractivity contribution in [3.05, 3.63) is 64.9 Å². The molecule has 27 heavy (non-hydrogen) atoms. The number of thioether (sulfide) groups is 1. The summed E-state index contributed by atoms with van der Waals surface area (Å²) in [6.45, 7) is 1.53. The summed E-state index contributed by atoms with van der Waals surface area (Å²) in [4.78, 5) is 0. The maximum absolute atomic E-state index is 13.1. The third kappa shape index (κ3) is 4.51. The molecule has 1 aliphatic heterocycles. The lowest BCUT2D eigenvalue weighted by atomic mass is 10.2. The van der Waals surface area contributed by atoms with Gasteiger partial charge in [0.2, 0.25) is 0 Å².